The smallest absolute Gasteiger partial charge is 0.544 e. The predicted octanol–water partition coefficient (Wildman–Crippen LogP) is 3.19. The number of hydrogen-bond donors (Lipinski definition) is 0. The van der Waals surface area contributed by atoms with E-state index < -0.39 is 13.9 Å². The summed E-state index contributed by atoms with van der Waals surface area (Å²) in [6, 6.07) is 32.3. The van der Waals surface area contributed by atoms with Crippen molar-refractivity contribution in [3.8, 4) is 5.92 Å². The van der Waals surface area contributed by atoms with Gasteiger partial charge in [0.1, 0.15) is 0 Å². The van der Waals surface area contributed by atoms with E-state index >= 15 is 0 Å². The fourth-order valence-electron chi connectivity index (χ4n) is 2.23. The van der Waals surface area contributed by atoms with Gasteiger partial charge in [0.15, 0.2) is 0 Å². The van der Waals surface area contributed by atoms with Crippen molar-refractivity contribution < 1.29 is 31.9 Å². The third-order valence-electron chi connectivity index (χ3n) is 3.33. The summed E-state index contributed by atoms with van der Waals surface area (Å²) in [6.07, 6.45) is 6.08. The van der Waals surface area contributed by atoms with E-state index in [1.807, 2.05) is 0 Å². The first kappa shape index (κ1) is 21.9. The number of benzene rings is 3. The fourth-order valence-corrected chi connectivity index (χ4v) is 4.53. The Kier molecular flexibility index (Phi) is 10.3. The number of carbonyl (C=O) groups is 1. The van der Waals surface area contributed by atoms with Crippen molar-refractivity contribution in [1.82, 2.24) is 0 Å². The molecule has 0 saturated carbocycles. The van der Waals surface area contributed by atoms with Gasteiger partial charge >= 0.3 is 22.4 Å². The summed E-state index contributed by atoms with van der Waals surface area (Å²) in [4.78, 5) is 9.66. The van der Waals surface area contributed by atoms with E-state index in [1.165, 1.54) is 28.9 Å². The predicted molar refractivity (Wildman–Crippen MR) is 104 cm³/mol. The maximum Gasteiger partial charge on any atom is 1.00 e. The van der Waals surface area contributed by atoms with E-state index in [0.717, 1.165) is 0 Å². The average molecular weight is 542 g/mol. The van der Waals surface area contributed by atoms with Gasteiger partial charge in [-0.15, -0.1) is 0 Å². The minimum atomic E-state index is -0.741. The second-order valence-corrected chi connectivity index (χ2v) is 7.18. The van der Waals surface area contributed by atoms with Gasteiger partial charge in [-0.25, -0.2) is 5.92 Å². The molecule has 3 aromatic carbocycles. The summed E-state index contributed by atoms with van der Waals surface area (Å²) in [5.41, 5.74) is 0. The summed E-state index contributed by atoms with van der Waals surface area (Å²) in [6.45, 7) is 0. The van der Waals surface area contributed by atoms with E-state index in [4.69, 9.17) is 6.42 Å². The van der Waals surface area contributed by atoms with Gasteiger partial charge in [0.05, 0.1) is 7.11 Å². The number of carbonyl (C=O) groups excluding carboxylic acids is 1. The number of rotatable bonds is 3. The SMILES string of the molecule is [Au+].[C-]#CC(=O)OC.c1ccc(P(c2ccccc2)c2ccccc2)cc1. The van der Waals surface area contributed by atoms with Crippen molar-refractivity contribution in [2.24, 2.45) is 0 Å². The first-order valence-electron chi connectivity index (χ1n) is 7.72. The zero-order valence-electron chi connectivity index (χ0n) is 14.2. The molecule has 0 saturated heterocycles. The van der Waals surface area contributed by atoms with E-state index in [0.29, 0.717) is 0 Å². The van der Waals surface area contributed by atoms with Crippen LogP contribution in [0, 0.1) is 12.3 Å². The number of ether oxygens (including phenoxy) is 1. The molecule has 0 spiro atoms. The summed E-state index contributed by atoms with van der Waals surface area (Å²) in [7, 11) is 0.752. The van der Waals surface area contributed by atoms with Crippen LogP contribution in [0.15, 0.2) is 91.0 Å². The van der Waals surface area contributed by atoms with E-state index in [9.17, 15) is 4.79 Å². The van der Waals surface area contributed by atoms with Crippen LogP contribution in [0.25, 0.3) is 0 Å². The van der Waals surface area contributed by atoms with Crippen LogP contribution in [0.4, 0.5) is 0 Å². The minimum Gasteiger partial charge on any atom is -0.544 e. The Labute approximate surface area is 171 Å². The van der Waals surface area contributed by atoms with Crippen molar-refractivity contribution in [3.05, 3.63) is 97.4 Å². The molecule has 0 radical (unpaired) electrons. The molecule has 2 nitrogen and oxygen atoms in total. The van der Waals surface area contributed by atoms with Crippen LogP contribution in [0.5, 0.6) is 0 Å². The van der Waals surface area contributed by atoms with Gasteiger partial charge in [-0.1, -0.05) is 91.0 Å². The maximum atomic E-state index is 9.66. The minimum absolute atomic E-state index is 0. The molecule has 0 aliphatic heterocycles. The molecule has 0 amide bonds. The molecule has 0 bridgehead atoms. The van der Waals surface area contributed by atoms with Crippen molar-refractivity contribution in [1.29, 1.82) is 0 Å². The van der Waals surface area contributed by atoms with Crippen LogP contribution < -0.4 is 15.9 Å². The number of methoxy groups -OCH3 is 1. The molecule has 0 aromatic heterocycles. The van der Waals surface area contributed by atoms with Crippen LogP contribution in [0.1, 0.15) is 0 Å². The van der Waals surface area contributed by atoms with Crippen LogP contribution in [-0.4, -0.2) is 13.1 Å². The van der Waals surface area contributed by atoms with E-state index in [2.05, 4.69) is 95.7 Å². The van der Waals surface area contributed by atoms with Crippen LogP contribution in [0.3, 0.4) is 0 Å². The molecule has 0 aliphatic rings. The zero-order valence-corrected chi connectivity index (χ0v) is 17.3. The summed E-state index contributed by atoms with van der Waals surface area (Å²) >= 11 is 0. The van der Waals surface area contributed by atoms with Gasteiger partial charge in [-0.2, -0.15) is 0 Å². The third-order valence-corrected chi connectivity index (χ3v) is 5.77. The molecular formula is C22H18AuO2P. The molecule has 3 aromatic rings. The van der Waals surface area contributed by atoms with Crippen LogP contribution in [0.2, 0.25) is 0 Å². The molecule has 0 unspecified atom stereocenters. The molecule has 0 atom stereocenters. The Balaban J connectivity index is 0.000000422. The Morgan fingerprint density at radius 1 is 0.769 bits per heavy atom. The van der Waals surface area contributed by atoms with Gasteiger partial charge in [-0.3, -0.25) is 0 Å². The number of hydrogen-bond acceptors (Lipinski definition) is 2. The molecule has 0 fully saturated rings. The third kappa shape index (κ3) is 6.64. The molecule has 0 N–H and O–H groups in total. The molecular weight excluding hydrogens is 524 g/mol. The quantitative estimate of drug-likeness (QED) is 0.167. The average Bonchev–Trinajstić information content (AvgIpc) is 2.70. The zero-order chi connectivity index (χ0) is 17.9. The summed E-state index contributed by atoms with van der Waals surface area (Å²) < 4.78 is 3.96. The monoisotopic (exact) mass is 542 g/mol. The Morgan fingerprint density at radius 2 is 1.08 bits per heavy atom. The van der Waals surface area contributed by atoms with Crippen LogP contribution in [-0.2, 0) is 31.9 Å². The Bertz CT molecular complexity index is 721. The summed E-state index contributed by atoms with van der Waals surface area (Å²) in [5, 5.41) is 4.19. The van der Waals surface area contributed by atoms with Gasteiger partial charge in [0, 0.05) is 0 Å². The number of esters is 1. The van der Waals surface area contributed by atoms with Crippen molar-refractivity contribution >= 4 is 29.8 Å². The van der Waals surface area contributed by atoms with E-state index in [1.54, 1.807) is 0 Å². The standard InChI is InChI=1S/C18H15P.C4H3O2.Au/c1-4-10-16(11-5-1)19(17-12-6-2-7-13-17)18-14-8-3-9-15-18;1-3-4(5)6-2;/h1-15H;2H3;/q;-1;+1. The first-order valence-corrected chi connectivity index (χ1v) is 9.06. The maximum absolute atomic E-state index is 9.66. The molecule has 0 aliphatic carbocycles. The molecule has 4 heteroatoms. The van der Waals surface area contributed by atoms with Crippen molar-refractivity contribution in [3.63, 3.8) is 0 Å². The fraction of sp³-hybridized carbons (Fsp3) is 0.0455. The van der Waals surface area contributed by atoms with Gasteiger partial charge in [-0.05, 0) is 23.8 Å². The van der Waals surface area contributed by atoms with Gasteiger partial charge in [0.2, 0.25) is 5.97 Å². The Morgan fingerprint density at radius 3 is 1.27 bits per heavy atom. The molecule has 26 heavy (non-hydrogen) atoms. The molecule has 0 heterocycles. The Hall–Kier alpha value is -2.14. The molecule has 134 valence electrons. The van der Waals surface area contributed by atoms with Gasteiger partial charge < -0.3 is 16.0 Å². The summed E-state index contributed by atoms with van der Waals surface area (Å²) in [5.74, 6) is 0.763. The first-order chi connectivity index (χ1) is 12.3. The molecule has 3 rings (SSSR count). The van der Waals surface area contributed by atoms with E-state index in [-0.39, 0.29) is 22.4 Å². The van der Waals surface area contributed by atoms with Crippen molar-refractivity contribution in [2.75, 3.05) is 7.11 Å². The normalized spacial score (nSPS) is 9.12. The van der Waals surface area contributed by atoms with Crippen molar-refractivity contribution in [2.45, 2.75) is 0 Å². The second kappa shape index (κ2) is 12.3. The largest absolute Gasteiger partial charge is 1.00 e. The second-order valence-electron chi connectivity index (χ2n) is 4.96. The van der Waals surface area contributed by atoms with Crippen LogP contribution >= 0.6 is 7.92 Å². The van der Waals surface area contributed by atoms with Gasteiger partial charge in [0.25, 0.3) is 0 Å². The topological polar surface area (TPSA) is 26.3 Å².